The topological polar surface area (TPSA) is 33.3 Å². The highest BCUT2D eigenvalue weighted by Crippen LogP contribution is 2.08. The molecule has 3 nitrogen and oxygen atoms in total. The molecule has 0 heterocycles. The molecule has 0 bridgehead atoms. The highest BCUT2D eigenvalue weighted by Gasteiger charge is 2.04. The van der Waals surface area contributed by atoms with E-state index >= 15 is 0 Å². The second-order valence-corrected chi connectivity index (χ2v) is 4.10. The van der Waals surface area contributed by atoms with Crippen LogP contribution in [0.3, 0.4) is 0 Å². The van der Waals surface area contributed by atoms with E-state index in [0.29, 0.717) is 23.8 Å². The lowest BCUT2D eigenvalue weighted by atomic mass is 10.2. The maximum absolute atomic E-state index is 13.3. The van der Waals surface area contributed by atoms with Crippen molar-refractivity contribution >= 4 is 17.3 Å². The Labute approximate surface area is 111 Å². The first-order valence-corrected chi connectivity index (χ1v) is 5.99. The number of nitrogens with one attached hydrogen (secondary N) is 2. The van der Waals surface area contributed by atoms with Gasteiger partial charge >= 0.3 is 0 Å². The van der Waals surface area contributed by atoms with Crippen LogP contribution in [-0.4, -0.2) is 25.4 Å². The Morgan fingerprint density at radius 1 is 1.33 bits per heavy atom. The molecule has 1 aromatic carbocycles. The fourth-order valence-electron chi connectivity index (χ4n) is 1.32. The molecule has 0 amide bonds. The SMILES string of the molecule is COCCCNC(=S)NCc1ccc(F)cc1F. The zero-order valence-corrected chi connectivity index (χ0v) is 10.9. The molecule has 6 heteroatoms. The average molecular weight is 274 g/mol. The van der Waals surface area contributed by atoms with E-state index in [0.717, 1.165) is 12.5 Å². The van der Waals surface area contributed by atoms with Crippen molar-refractivity contribution in [2.75, 3.05) is 20.3 Å². The van der Waals surface area contributed by atoms with Crippen molar-refractivity contribution in [2.45, 2.75) is 13.0 Å². The number of ether oxygens (including phenoxy) is 1. The van der Waals surface area contributed by atoms with E-state index in [1.54, 1.807) is 7.11 Å². The van der Waals surface area contributed by atoms with Crippen molar-refractivity contribution in [3.8, 4) is 0 Å². The lowest BCUT2D eigenvalue weighted by Gasteiger charge is -2.10. The molecule has 0 spiro atoms. The van der Waals surface area contributed by atoms with Crippen LogP contribution in [0, 0.1) is 11.6 Å². The predicted molar refractivity (Wildman–Crippen MR) is 70.3 cm³/mol. The highest BCUT2D eigenvalue weighted by molar-refractivity contribution is 7.80. The first kappa shape index (κ1) is 14.8. The van der Waals surface area contributed by atoms with Crippen molar-refractivity contribution < 1.29 is 13.5 Å². The molecule has 0 aliphatic rings. The molecule has 0 aliphatic carbocycles. The van der Waals surface area contributed by atoms with Crippen LogP contribution >= 0.6 is 12.2 Å². The Hall–Kier alpha value is -1.27. The maximum Gasteiger partial charge on any atom is 0.166 e. The number of thiocarbonyl (C=S) groups is 1. The minimum atomic E-state index is -0.587. The van der Waals surface area contributed by atoms with Crippen LogP contribution in [0.5, 0.6) is 0 Å². The van der Waals surface area contributed by atoms with Crippen molar-refractivity contribution in [3.63, 3.8) is 0 Å². The van der Waals surface area contributed by atoms with E-state index in [-0.39, 0.29) is 6.54 Å². The number of methoxy groups -OCH3 is 1. The van der Waals surface area contributed by atoms with Crippen LogP contribution in [0.1, 0.15) is 12.0 Å². The highest BCUT2D eigenvalue weighted by atomic mass is 32.1. The van der Waals surface area contributed by atoms with E-state index in [2.05, 4.69) is 10.6 Å². The molecule has 0 fully saturated rings. The zero-order valence-electron chi connectivity index (χ0n) is 10.1. The van der Waals surface area contributed by atoms with Crippen LogP contribution in [-0.2, 0) is 11.3 Å². The van der Waals surface area contributed by atoms with E-state index < -0.39 is 11.6 Å². The van der Waals surface area contributed by atoms with Crippen LogP contribution in [0.2, 0.25) is 0 Å². The van der Waals surface area contributed by atoms with E-state index in [1.807, 2.05) is 0 Å². The molecule has 0 aliphatic heterocycles. The van der Waals surface area contributed by atoms with Crippen molar-refractivity contribution in [3.05, 3.63) is 35.4 Å². The largest absolute Gasteiger partial charge is 0.385 e. The summed E-state index contributed by atoms with van der Waals surface area (Å²) in [4.78, 5) is 0. The van der Waals surface area contributed by atoms with Gasteiger partial charge in [-0.15, -0.1) is 0 Å². The summed E-state index contributed by atoms with van der Waals surface area (Å²) in [6.07, 6.45) is 0.837. The monoisotopic (exact) mass is 274 g/mol. The summed E-state index contributed by atoms with van der Waals surface area (Å²) in [5, 5.41) is 6.26. The molecule has 0 saturated heterocycles. The lowest BCUT2D eigenvalue weighted by molar-refractivity contribution is 0.195. The van der Waals surface area contributed by atoms with Gasteiger partial charge < -0.3 is 15.4 Å². The van der Waals surface area contributed by atoms with Crippen LogP contribution in [0.15, 0.2) is 18.2 Å². The Bertz CT molecular complexity index is 402. The van der Waals surface area contributed by atoms with Gasteiger partial charge in [-0.1, -0.05) is 6.07 Å². The van der Waals surface area contributed by atoms with Gasteiger partial charge in [0.15, 0.2) is 5.11 Å². The van der Waals surface area contributed by atoms with Crippen LogP contribution in [0.25, 0.3) is 0 Å². The van der Waals surface area contributed by atoms with Crippen molar-refractivity contribution in [2.24, 2.45) is 0 Å². The quantitative estimate of drug-likeness (QED) is 0.614. The third-order valence-corrected chi connectivity index (χ3v) is 2.55. The molecule has 1 aromatic rings. The Kier molecular flexibility index (Phi) is 6.53. The first-order chi connectivity index (χ1) is 8.63. The Morgan fingerprint density at radius 3 is 2.78 bits per heavy atom. The van der Waals surface area contributed by atoms with Crippen molar-refractivity contribution in [1.29, 1.82) is 0 Å². The van der Waals surface area contributed by atoms with Crippen LogP contribution < -0.4 is 10.6 Å². The van der Waals surface area contributed by atoms with Gasteiger partial charge in [0.05, 0.1) is 0 Å². The molecule has 0 saturated carbocycles. The van der Waals surface area contributed by atoms with Crippen molar-refractivity contribution in [1.82, 2.24) is 10.6 Å². The summed E-state index contributed by atoms with van der Waals surface area (Å²) in [5.74, 6) is -1.17. The standard InChI is InChI=1S/C12H16F2N2OS/c1-17-6-2-5-15-12(18)16-8-9-3-4-10(13)7-11(9)14/h3-4,7H,2,5-6,8H2,1H3,(H2,15,16,18). The number of benzene rings is 1. The second kappa shape index (κ2) is 7.94. The Morgan fingerprint density at radius 2 is 2.11 bits per heavy atom. The van der Waals surface area contributed by atoms with Gasteiger partial charge in [0, 0.05) is 38.4 Å². The molecule has 18 heavy (non-hydrogen) atoms. The van der Waals surface area contributed by atoms with Gasteiger partial charge in [-0.3, -0.25) is 0 Å². The normalized spacial score (nSPS) is 10.2. The van der Waals surface area contributed by atoms with Gasteiger partial charge in [0.1, 0.15) is 11.6 Å². The van der Waals surface area contributed by atoms with E-state index in [9.17, 15) is 8.78 Å². The average Bonchev–Trinajstić information content (AvgIpc) is 2.33. The summed E-state index contributed by atoms with van der Waals surface area (Å²) < 4.78 is 30.9. The maximum atomic E-state index is 13.3. The molecule has 0 radical (unpaired) electrons. The fraction of sp³-hybridized carbons (Fsp3) is 0.417. The van der Waals surface area contributed by atoms with E-state index in [1.165, 1.54) is 12.1 Å². The number of rotatable bonds is 6. The summed E-state index contributed by atoms with van der Waals surface area (Å²) in [6.45, 7) is 1.57. The third kappa shape index (κ3) is 5.37. The summed E-state index contributed by atoms with van der Waals surface area (Å²) >= 11 is 5.01. The smallest absolute Gasteiger partial charge is 0.166 e. The lowest BCUT2D eigenvalue weighted by Crippen LogP contribution is -2.35. The summed E-state index contributed by atoms with van der Waals surface area (Å²) in [5.41, 5.74) is 0.373. The molecule has 0 unspecified atom stereocenters. The number of hydrogen-bond donors (Lipinski definition) is 2. The fourth-order valence-corrected chi connectivity index (χ4v) is 1.50. The molecule has 2 N–H and O–H groups in total. The minimum Gasteiger partial charge on any atom is -0.385 e. The summed E-state index contributed by atoms with van der Waals surface area (Å²) in [6, 6.07) is 3.46. The second-order valence-electron chi connectivity index (χ2n) is 3.69. The molecule has 0 atom stereocenters. The minimum absolute atomic E-state index is 0.224. The van der Waals surface area contributed by atoms with Gasteiger partial charge in [-0.25, -0.2) is 8.78 Å². The van der Waals surface area contributed by atoms with Gasteiger partial charge in [-0.05, 0) is 24.7 Å². The molecule has 100 valence electrons. The molecular weight excluding hydrogens is 258 g/mol. The van der Waals surface area contributed by atoms with Gasteiger partial charge in [0.2, 0.25) is 0 Å². The van der Waals surface area contributed by atoms with Gasteiger partial charge in [-0.2, -0.15) is 0 Å². The Balaban J connectivity index is 2.29. The number of halogens is 2. The van der Waals surface area contributed by atoms with Crippen LogP contribution in [0.4, 0.5) is 8.78 Å². The third-order valence-electron chi connectivity index (χ3n) is 2.27. The molecule has 1 rings (SSSR count). The molecular formula is C12H16F2N2OS. The predicted octanol–water partition coefficient (Wildman–Crippen LogP) is 1.97. The summed E-state index contributed by atoms with van der Waals surface area (Å²) in [7, 11) is 1.63. The molecule has 0 aromatic heterocycles. The number of hydrogen-bond acceptors (Lipinski definition) is 2. The zero-order chi connectivity index (χ0) is 13.4. The van der Waals surface area contributed by atoms with E-state index in [4.69, 9.17) is 17.0 Å². The first-order valence-electron chi connectivity index (χ1n) is 5.58. The van der Waals surface area contributed by atoms with Gasteiger partial charge in [0.25, 0.3) is 0 Å².